The molecule has 0 spiro atoms. The van der Waals surface area contributed by atoms with Gasteiger partial charge in [0.2, 0.25) is 0 Å². The first kappa shape index (κ1) is 29.6. The number of likely N-dealkylation sites (tertiary alicyclic amines) is 1. The normalized spacial score (nSPS) is 15.4. The molecule has 1 atom stereocenters. The van der Waals surface area contributed by atoms with Crippen molar-refractivity contribution < 1.29 is 19.1 Å². The van der Waals surface area contributed by atoms with Gasteiger partial charge in [0.05, 0.1) is 22.4 Å². The molecule has 0 saturated carbocycles. The molecule has 2 N–H and O–H groups in total. The number of hydrogen-bond donors (Lipinski definition) is 2. The van der Waals surface area contributed by atoms with Gasteiger partial charge >= 0.3 is 6.03 Å². The molecular formula is C33H33N5O4S. The lowest BCUT2D eigenvalue weighted by Crippen LogP contribution is -2.49. The maximum absolute atomic E-state index is 13.5. The van der Waals surface area contributed by atoms with Gasteiger partial charge in [-0.25, -0.2) is 9.78 Å². The molecule has 10 heteroatoms. The van der Waals surface area contributed by atoms with Crippen LogP contribution < -0.4 is 20.3 Å². The number of anilines is 3. The van der Waals surface area contributed by atoms with Crippen LogP contribution in [0.2, 0.25) is 0 Å². The molecule has 6 rings (SSSR count). The van der Waals surface area contributed by atoms with Crippen molar-refractivity contribution in [3.63, 3.8) is 0 Å². The number of aryl methyl sites for hydroxylation is 1. The minimum Gasteiger partial charge on any atom is -0.457 e. The lowest BCUT2D eigenvalue weighted by Gasteiger charge is -2.32. The highest BCUT2D eigenvalue weighted by atomic mass is 32.1. The first-order valence-electron chi connectivity index (χ1n) is 14.3. The maximum atomic E-state index is 13.5. The summed E-state index contributed by atoms with van der Waals surface area (Å²) in [6, 6.07) is 16.3. The molecule has 220 valence electrons. The SMILES string of the molecule is CC.CC#CC(=O)N1CCCC(NC(=O)c2sc3nccc4c3c2NC(=O)N4c2ccc(Oc3ccccc3)cc2C)C1. The molecule has 1 saturated heterocycles. The Morgan fingerprint density at radius 2 is 1.88 bits per heavy atom. The third kappa shape index (κ3) is 6.03. The van der Waals surface area contributed by atoms with E-state index < -0.39 is 0 Å². The van der Waals surface area contributed by atoms with Crippen molar-refractivity contribution in [3.05, 3.63) is 71.2 Å². The smallest absolute Gasteiger partial charge is 0.331 e. The van der Waals surface area contributed by atoms with Gasteiger partial charge < -0.3 is 20.3 Å². The summed E-state index contributed by atoms with van der Waals surface area (Å²) >= 11 is 1.23. The van der Waals surface area contributed by atoms with E-state index in [4.69, 9.17) is 4.74 Å². The minimum absolute atomic E-state index is 0.209. The summed E-state index contributed by atoms with van der Waals surface area (Å²) in [5.41, 5.74) is 2.64. The van der Waals surface area contributed by atoms with Crippen molar-refractivity contribution in [2.75, 3.05) is 23.3 Å². The largest absolute Gasteiger partial charge is 0.457 e. The van der Waals surface area contributed by atoms with Crippen LogP contribution in [0.1, 0.15) is 48.8 Å². The van der Waals surface area contributed by atoms with E-state index in [0.29, 0.717) is 51.0 Å². The van der Waals surface area contributed by atoms with Crippen LogP contribution in [0.15, 0.2) is 60.8 Å². The Morgan fingerprint density at radius 1 is 1.09 bits per heavy atom. The van der Waals surface area contributed by atoms with Gasteiger partial charge in [0.1, 0.15) is 21.2 Å². The van der Waals surface area contributed by atoms with Crippen LogP contribution in [0.3, 0.4) is 0 Å². The average Bonchev–Trinajstić information content (AvgIpc) is 3.39. The summed E-state index contributed by atoms with van der Waals surface area (Å²) in [5.74, 6) is 6.05. The third-order valence-electron chi connectivity index (χ3n) is 7.12. The molecule has 2 aromatic heterocycles. The van der Waals surface area contributed by atoms with Crippen molar-refractivity contribution in [2.45, 2.75) is 46.6 Å². The predicted octanol–water partition coefficient (Wildman–Crippen LogP) is 6.85. The topological polar surface area (TPSA) is 104 Å². The average molecular weight is 596 g/mol. The monoisotopic (exact) mass is 595 g/mol. The number of pyridine rings is 1. The van der Waals surface area contributed by atoms with Crippen LogP contribution in [0, 0.1) is 18.8 Å². The molecule has 4 aromatic rings. The van der Waals surface area contributed by atoms with Gasteiger partial charge in [0.25, 0.3) is 11.8 Å². The van der Waals surface area contributed by atoms with E-state index in [1.807, 2.05) is 69.3 Å². The number of nitrogens with zero attached hydrogens (tertiary/aromatic N) is 3. The van der Waals surface area contributed by atoms with Gasteiger partial charge in [-0.15, -0.1) is 11.3 Å². The van der Waals surface area contributed by atoms with Crippen LogP contribution >= 0.6 is 11.3 Å². The van der Waals surface area contributed by atoms with Gasteiger partial charge in [-0.05, 0) is 74.6 Å². The summed E-state index contributed by atoms with van der Waals surface area (Å²) in [7, 11) is 0. The predicted molar refractivity (Wildman–Crippen MR) is 170 cm³/mol. The van der Waals surface area contributed by atoms with E-state index in [2.05, 4.69) is 27.5 Å². The summed E-state index contributed by atoms with van der Waals surface area (Å²) in [5, 5.41) is 6.72. The van der Waals surface area contributed by atoms with Crippen LogP contribution in [0.25, 0.3) is 10.2 Å². The lowest BCUT2D eigenvalue weighted by atomic mass is 10.1. The van der Waals surface area contributed by atoms with E-state index >= 15 is 0 Å². The van der Waals surface area contributed by atoms with Gasteiger partial charge in [-0.3, -0.25) is 14.5 Å². The summed E-state index contributed by atoms with van der Waals surface area (Å²) in [4.78, 5) is 48.0. The van der Waals surface area contributed by atoms with Gasteiger partial charge in [-0.1, -0.05) is 38.0 Å². The highest BCUT2D eigenvalue weighted by Crippen LogP contribution is 2.46. The first-order valence-corrected chi connectivity index (χ1v) is 15.1. The number of piperidine rings is 1. The quantitative estimate of drug-likeness (QED) is 0.246. The Labute approximate surface area is 254 Å². The molecule has 0 bridgehead atoms. The molecule has 9 nitrogen and oxygen atoms in total. The van der Waals surface area contributed by atoms with E-state index in [0.717, 1.165) is 24.2 Å². The second kappa shape index (κ2) is 13.0. The van der Waals surface area contributed by atoms with E-state index in [-0.39, 0.29) is 23.9 Å². The highest BCUT2D eigenvalue weighted by molar-refractivity contribution is 7.21. The van der Waals surface area contributed by atoms with Crippen molar-refractivity contribution in [3.8, 4) is 23.3 Å². The fourth-order valence-electron chi connectivity index (χ4n) is 5.27. The molecule has 1 fully saturated rings. The van der Waals surface area contributed by atoms with Crippen molar-refractivity contribution >= 4 is 56.5 Å². The zero-order valence-electron chi connectivity index (χ0n) is 24.6. The fraction of sp³-hybridized carbons (Fsp3) is 0.273. The Bertz CT molecular complexity index is 1740. The Hall–Kier alpha value is -4.88. The standard InChI is InChI=1S/C31H27N5O4S.C2H6/c1-3-8-25(37)35-16-7-9-20(18-35)33-29(38)28-27-26-24(14-15-32-30(26)41-28)36(31(39)34-27)23-13-12-22(17-19(23)2)40-21-10-5-4-6-11-21;1-2/h4-6,10-15,17,20H,7,9,16,18H2,1-2H3,(H,33,38)(H,34,39);1-2H3. The molecule has 4 heterocycles. The Morgan fingerprint density at radius 3 is 2.63 bits per heavy atom. The van der Waals surface area contributed by atoms with E-state index in [9.17, 15) is 14.4 Å². The number of para-hydroxylation sites is 1. The van der Waals surface area contributed by atoms with Crippen LogP contribution in [-0.2, 0) is 4.79 Å². The number of aromatic nitrogens is 1. The van der Waals surface area contributed by atoms with Gasteiger partial charge in [-0.2, -0.15) is 0 Å². The molecule has 43 heavy (non-hydrogen) atoms. The molecule has 1 unspecified atom stereocenters. The van der Waals surface area contributed by atoms with E-state index in [1.54, 1.807) is 29.0 Å². The maximum Gasteiger partial charge on any atom is 0.331 e. The summed E-state index contributed by atoms with van der Waals surface area (Å²) in [6.45, 7) is 8.56. The van der Waals surface area contributed by atoms with Crippen LogP contribution in [0.4, 0.5) is 21.9 Å². The molecule has 0 aliphatic carbocycles. The van der Waals surface area contributed by atoms with Crippen LogP contribution in [-0.4, -0.2) is 46.9 Å². The summed E-state index contributed by atoms with van der Waals surface area (Å²) < 4.78 is 5.97. The Kier molecular flexibility index (Phi) is 8.93. The number of nitrogens with one attached hydrogen (secondary N) is 2. The van der Waals surface area contributed by atoms with E-state index in [1.165, 1.54) is 11.3 Å². The number of rotatable bonds is 5. The Balaban J connectivity index is 0.00000180. The van der Waals surface area contributed by atoms with Crippen molar-refractivity contribution in [2.24, 2.45) is 0 Å². The highest BCUT2D eigenvalue weighted by Gasteiger charge is 2.34. The summed E-state index contributed by atoms with van der Waals surface area (Å²) in [6.07, 6.45) is 3.17. The number of benzene rings is 2. The molecule has 2 aliphatic heterocycles. The number of hydrogen-bond acceptors (Lipinski definition) is 6. The van der Waals surface area contributed by atoms with Gasteiger partial charge in [0.15, 0.2) is 0 Å². The molecule has 0 radical (unpaired) electrons. The molecule has 2 aromatic carbocycles. The zero-order valence-corrected chi connectivity index (χ0v) is 25.4. The number of ether oxygens (including phenoxy) is 1. The lowest BCUT2D eigenvalue weighted by molar-refractivity contribution is -0.126. The van der Waals surface area contributed by atoms with Crippen molar-refractivity contribution in [1.82, 2.24) is 15.2 Å². The number of carbonyl (C=O) groups excluding carboxylic acids is 3. The molecular weight excluding hydrogens is 562 g/mol. The molecule has 4 amide bonds. The first-order chi connectivity index (χ1) is 20.9. The fourth-order valence-corrected chi connectivity index (χ4v) is 6.29. The zero-order chi connectivity index (χ0) is 30.5. The number of carbonyl (C=O) groups is 3. The number of thiophene rings is 1. The third-order valence-corrected chi connectivity index (χ3v) is 8.21. The van der Waals surface area contributed by atoms with Gasteiger partial charge in [0, 0.05) is 25.3 Å². The van der Waals surface area contributed by atoms with Crippen LogP contribution in [0.5, 0.6) is 11.5 Å². The number of urea groups is 1. The molecule has 2 aliphatic rings. The second-order valence-corrected chi connectivity index (χ2v) is 10.9. The van der Waals surface area contributed by atoms with Crippen molar-refractivity contribution in [1.29, 1.82) is 0 Å². The number of amides is 4. The minimum atomic E-state index is -0.371. The second-order valence-electron chi connectivity index (χ2n) is 9.88.